The fourth-order valence-electron chi connectivity index (χ4n) is 2.30. The van der Waals surface area contributed by atoms with E-state index in [1.807, 2.05) is 4.90 Å². The molecule has 0 saturated carbocycles. The van der Waals surface area contributed by atoms with Crippen molar-refractivity contribution < 1.29 is 9.12 Å². The molecule has 2 aromatic heterocycles. The summed E-state index contributed by atoms with van der Waals surface area (Å²) >= 11 is 1.29. The minimum Gasteiger partial charge on any atom is -0.619 e. The fourth-order valence-corrected chi connectivity index (χ4v) is 3.32. The second-order valence-corrected chi connectivity index (χ2v) is 5.60. The number of nitriles is 1. The van der Waals surface area contributed by atoms with E-state index >= 15 is 0 Å². The van der Waals surface area contributed by atoms with E-state index in [0.717, 1.165) is 25.6 Å². The molecule has 0 bridgehead atoms. The predicted octanol–water partition coefficient (Wildman–Crippen LogP) is 1.81. The molecule has 98 valence electrons. The highest BCUT2D eigenvalue weighted by molar-refractivity contribution is 7.22. The Bertz CT molecular complexity index is 666. The van der Waals surface area contributed by atoms with Gasteiger partial charge in [0.05, 0.1) is 12.0 Å². The van der Waals surface area contributed by atoms with E-state index < -0.39 is 5.82 Å². The van der Waals surface area contributed by atoms with Gasteiger partial charge in [-0.25, -0.2) is 4.98 Å². The van der Waals surface area contributed by atoms with Crippen molar-refractivity contribution in [1.29, 1.82) is 5.26 Å². The number of anilines is 1. The van der Waals surface area contributed by atoms with Crippen molar-refractivity contribution in [2.75, 3.05) is 18.0 Å². The van der Waals surface area contributed by atoms with E-state index in [1.54, 1.807) is 0 Å². The Kier molecular flexibility index (Phi) is 2.95. The molecule has 1 aliphatic rings. The quantitative estimate of drug-likeness (QED) is 0.589. The number of piperidine rings is 1. The monoisotopic (exact) mass is 278 g/mol. The Morgan fingerprint density at radius 2 is 2.42 bits per heavy atom. The number of pyridine rings is 1. The van der Waals surface area contributed by atoms with E-state index in [-0.39, 0.29) is 11.4 Å². The van der Waals surface area contributed by atoms with Gasteiger partial charge in [0.15, 0.2) is 11.3 Å². The number of hydrogen-bond donors (Lipinski definition) is 0. The summed E-state index contributed by atoms with van der Waals surface area (Å²) in [5.41, 5.74) is 0.228. The highest BCUT2D eigenvalue weighted by Crippen LogP contribution is 2.31. The first-order chi connectivity index (χ1) is 9.17. The first-order valence-corrected chi connectivity index (χ1v) is 6.82. The number of nitrogens with zero attached hydrogens (tertiary/aromatic N) is 4. The summed E-state index contributed by atoms with van der Waals surface area (Å²) in [4.78, 5) is 6.25. The van der Waals surface area contributed by atoms with E-state index in [4.69, 9.17) is 5.26 Å². The lowest BCUT2D eigenvalue weighted by molar-refractivity contribution is -0.605. The lowest BCUT2D eigenvalue weighted by atomic mass is 10.0. The molecular formula is C12H11FN4OS. The van der Waals surface area contributed by atoms with E-state index in [1.165, 1.54) is 17.5 Å². The van der Waals surface area contributed by atoms with Gasteiger partial charge in [-0.3, -0.25) is 0 Å². The zero-order valence-corrected chi connectivity index (χ0v) is 10.9. The molecule has 7 heteroatoms. The Morgan fingerprint density at radius 3 is 3.21 bits per heavy atom. The van der Waals surface area contributed by atoms with Crippen LogP contribution in [0.4, 0.5) is 9.52 Å². The van der Waals surface area contributed by atoms with Gasteiger partial charge in [0.1, 0.15) is 10.2 Å². The molecule has 0 N–H and O–H groups in total. The van der Waals surface area contributed by atoms with Gasteiger partial charge in [-0.2, -0.15) is 14.4 Å². The van der Waals surface area contributed by atoms with E-state index in [2.05, 4.69) is 11.1 Å². The van der Waals surface area contributed by atoms with Gasteiger partial charge in [0.25, 0.3) is 0 Å². The van der Waals surface area contributed by atoms with E-state index in [9.17, 15) is 9.60 Å². The lowest BCUT2D eigenvalue weighted by Gasteiger charge is -2.28. The van der Waals surface area contributed by atoms with Gasteiger partial charge in [-0.15, -0.1) is 0 Å². The standard InChI is InChI=1S/C12H11FN4OS/c13-9-6-17(18)7-10-11(9)15-12(19-10)16-3-1-2-8(4-14)5-16/h6-8H,1-3,5H2. The highest BCUT2D eigenvalue weighted by atomic mass is 32.1. The lowest BCUT2D eigenvalue weighted by Crippen LogP contribution is -2.34. The molecule has 1 fully saturated rings. The summed E-state index contributed by atoms with van der Waals surface area (Å²) in [7, 11) is 0. The zero-order chi connectivity index (χ0) is 13.4. The van der Waals surface area contributed by atoms with Crippen molar-refractivity contribution in [2.45, 2.75) is 12.8 Å². The molecule has 0 aliphatic carbocycles. The molecule has 1 aliphatic heterocycles. The summed E-state index contributed by atoms with van der Waals surface area (Å²) in [6, 6.07) is 2.26. The Labute approximate surface area is 113 Å². The van der Waals surface area contributed by atoms with Crippen LogP contribution >= 0.6 is 11.3 Å². The third kappa shape index (κ3) is 2.19. The van der Waals surface area contributed by atoms with Crippen LogP contribution < -0.4 is 9.63 Å². The van der Waals surface area contributed by atoms with Crippen LogP contribution in [0.1, 0.15) is 12.8 Å². The second kappa shape index (κ2) is 4.63. The Morgan fingerprint density at radius 1 is 1.58 bits per heavy atom. The molecule has 19 heavy (non-hydrogen) atoms. The summed E-state index contributed by atoms with van der Waals surface area (Å²) in [5.74, 6) is -0.612. The van der Waals surface area contributed by atoms with Gasteiger partial charge in [0, 0.05) is 13.1 Å². The average Bonchev–Trinajstić information content (AvgIpc) is 2.83. The normalized spacial score (nSPS) is 19.6. The van der Waals surface area contributed by atoms with Crippen molar-refractivity contribution in [3.63, 3.8) is 0 Å². The minimum absolute atomic E-state index is 0.00458. The molecule has 0 spiro atoms. The maximum Gasteiger partial charge on any atom is 0.218 e. The van der Waals surface area contributed by atoms with Crippen molar-refractivity contribution in [2.24, 2.45) is 5.92 Å². The largest absolute Gasteiger partial charge is 0.619 e. The Balaban J connectivity index is 1.97. The summed E-state index contributed by atoms with van der Waals surface area (Å²) in [6.07, 6.45) is 4.02. The number of rotatable bonds is 1. The summed E-state index contributed by atoms with van der Waals surface area (Å²) in [5, 5.41) is 20.8. The smallest absolute Gasteiger partial charge is 0.218 e. The van der Waals surface area contributed by atoms with Crippen molar-refractivity contribution in [1.82, 2.24) is 4.98 Å². The van der Waals surface area contributed by atoms with Gasteiger partial charge < -0.3 is 10.1 Å². The topological polar surface area (TPSA) is 66.9 Å². The molecule has 3 rings (SSSR count). The minimum atomic E-state index is -0.608. The van der Waals surface area contributed by atoms with Crippen LogP contribution in [0.2, 0.25) is 0 Å². The van der Waals surface area contributed by atoms with Crippen LogP contribution in [0.15, 0.2) is 12.4 Å². The average molecular weight is 278 g/mol. The molecule has 2 aromatic rings. The molecule has 0 radical (unpaired) electrons. The maximum absolute atomic E-state index is 13.6. The first kappa shape index (κ1) is 12.1. The first-order valence-electron chi connectivity index (χ1n) is 6.01. The molecule has 0 amide bonds. The van der Waals surface area contributed by atoms with Crippen LogP contribution in [-0.2, 0) is 0 Å². The van der Waals surface area contributed by atoms with Crippen molar-refractivity contribution in [3.8, 4) is 6.07 Å². The van der Waals surface area contributed by atoms with Gasteiger partial charge in [-0.05, 0) is 12.8 Å². The van der Waals surface area contributed by atoms with Crippen molar-refractivity contribution in [3.05, 3.63) is 23.4 Å². The third-order valence-corrected chi connectivity index (χ3v) is 4.28. The van der Waals surface area contributed by atoms with Crippen molar-refractivity contribution >= 4 is 26.7 Å². The van der Waals surface area contributed by atoms with Crippen LogP contribution in [0.3, 0.4) is 0 Å². The van der Waals surface area contributed by atoms with E-state index in [0.29, 0.717) is 21.1 Å². The zero-order valence-electron chi connectivity index (χ0n) is 10.0. The molecular weight excluding hydrogens is 267 g/mol. The highest BCUT2D eigenvalue weighted by Gasteiger charge is 2.23. The second-order valence-electron chi connectivity index (χ2n) is 4.59. The number of hydrogen-bond acceptors (Lipinski definition) is 5. The molecule has 1 atom stereocenters. The summed E-state index contributed by atoms with van der Waals surface area (Å²) in [6.45, 7) is 1.44. The van der Waals surface area contributed by atoms with Crippen LogP contribution in [0, 0.1) is 28.3 Å². The molecule has 5 nitrogen and oxygen atoms in total. The summed E-state index contributed by atoms with van der Waals surface area (Å²) < 4.78 is 14.6. The van der Waals surface area contributed by atoms with Gasteiger partial charge >= 0.3 is 0 Å². The number of halogens is 1. The maximum atomic E-state index is 13.6. The SMILES string of the molecule is N#CC1CCCN(c2nc3c(F)c[n+]([O-])cc3s2)C1. The van der Waals surface area contributed by atoms with Crippen LogP contribution in [0.25, 0.3) is 10.2 Å². The van der Waals surface area contributed by atoms with Gasteiger partial charge in [0.2, 0.25) is 12.0 Å². The predicted molar refractivity (Wildman–Crippen MR) is 69.1 cm³/mol. The number of thiazole rings is 1. The molecule has 1 saturated heterocycles. The fraction of sp³-hybridized carbons (Fsp3) is 0.417. The van der Waals surface area contributed by atoms with Gasteiger partial charge in [-0.1, -0.05) is 11.3 Å². The third-order valence-electron chi connectivity index (χ3n) is 3.23. The molecule has 3 heterocycles. The Hall–Kier alpha value is -1.94. The van der Waals surface area contributed by atoms with Crippen LogP contribution in [-0.4, -0.2) is 18.1 Å². The number of aromatic nitrogens is 2. The molecule has 1 unspecified atom stereocenters. The molecule has 0 aromatic carbocycles. The van der Waals surface area contributed by atoms with Crippen LogP contribution in [0.5, 0.6) is 0 Å². The number of fused-ring (bicyclic) bond motifs is 1.